The minimum atomic E-state index is -3.72. The molecule has 0 saturated heterocycles. The fourth-order valence-electron chi connectivity index (χ4n) is 1.70. The summed E-state index contributed by atoms with van der Waals surface area (Å²) >= 11 is 5.93. The summed E-state index contributed by atoms with van der Waals surface area (Å²) in [6.07, 6.45) is 1.34. The van der Waals surface area contributed by atoms with Gasteiger partial charge in [0.05, 0.1) is 16.9 Å². The van der Waals surface area contributed by atoms with Crippen LogP contribution in [0, 0.1) is 5.82 Å². The van der Waals surface area contributed by atoms with E-state index >= 15 is 0 Å². The topological polar surface area (TPSA) is 64.0 Å². The molecule has 0 atom stereocenters. The highest BCUT2D eigenvalue weighted by Gasteiger charge is 2.22. The molecule has 1 aromatic carbocycles. The van der Waals surface area contributed by atoms with Gasteiger partial charge in [0.25, 0.3) is 10.0 Å². The van der Waals surface area contributed by atoms with E-state index < -0.39 is 15.8 Å². The first-order chi connectivity index (χ1) is 9.31. The molecule has 0 bridgehead atoms. The normalized spacial score (nSPS) is 12.1. The molecule has 5 nitrogen and oxygen atoms in total. The van der Waals surface area contributed by atoms with Crippen LogP contribution in [-0.2, 0) is 10.0 Å². The van der Waals surface area contributed by atoms with Gasteiger partial charge < -0.3 is 0 Å². The molecule has 8 heteroatoms. The monoisotopic (exact) mass is 317 g/mol. The minimum absolute atomic E-state index is 0.0558. The predicted molar refractivity (Wildman–Crippen MR) is 74.0 cm³/mol. The summed E-state index contributed by atoms with van der Waals surface area (Å²) in [7, 11) is -3.72. The van der Waals surface area contributed by atoms with Gasteiger partial charge in [-0.25, -0.2) is 22.2 Å². The molecule has 0 fully saturated rings. The van der Waals surface area contributed by atoms with Gasteiger partial charge in [-0.05, 0) is 38.1 Å². The van der Waals surface area contributed by atoms with E-state index in [2.05, 4.69) is 9.82 Å². The fraction of sp³-hybridized carbons (Fsp3) is 0.250. The van der Waals surface area contributed by atoms with Crippen molar-refractivity contribution in [1.82, 2.24) is 14.5 Å². The summed E-state index contributed by atoms with van der Waals surface area (Å²) < 4.78 is 41.0. The highest BCUT2D eigenvalue weighted by Crippen LogP contribution is 2.23. The second-order valence-electron chi connectivity index (χ2n) is 4.45. The second-order valence-corrected chi connectivity index (χ2v) is 6.52. The van der Waals surface area contributed by atoms with Crippen LogP contribution in [0.4, 0.5) is 4.39 Å². The summed E-state index contributed by atoms with van der Waals surface area (Å²) in [5.41, 5.74) is 0.294. The Hall–Kier alpha value is -1.44. The molecule has 0 amide bonds. The van der Waals surface area contributed by atoms with E-state index in [0.717, 1.165) is 10.7 Å². The fourth-order valence-corrected chi connectivity index (χ4v) is 3.30. The van der Waals surface area contributed by atoms with Crippen LogP contribution in [0.2, 0.25) is 5.02 Å². The van der Waals surface area contributed by atoms with Crippen LogP contribution in [0.5, 0.6) is 0 Å². The van der Waals surface area contributed by atoms with Crippen molar-refractivity contribution < 1.29 is 12.8 Å². The zero-order valence-corrected chi connectivity index (χ0v) is 12.4. The summed E-state index contributed by atoms with van der Waals surface area (Å²) in [6.45, 7) is 3.42. The maximum atomic E-state index is 13.1. The number of nitrogens with zero attached hydrogens (tertiary/aromatic N) is 2. The van der Waals surface area contributed by atoms with E-state index in [1.165, 1.54) is 24.4 Å². The van der Waals surface area contributed by atoms with Crippen molar-refractivity contribution in [2.75, 3.05) is 0 Å². The van der Waals surface area contributed by atoms with Crippen molar-refractivity contribution in [1.29, 1.82) is 0 Å². The van der Waals surface area contributed by atoms with Crippen LogP contribution in [0.15, 0.2) is 35.5 Å². The zero-order valence-electron chi connectivity index (χ0n) is 10.8. The number of aromatic nitrogens is 2. The van der Waals surface area contributed by atoms with Gasteiger partial charge in [-0.3, -0.25) is 0 Å². The predicted octanol–water partition coefficient (Wildman–Crippen LogP) is 2.35. The molecule has 0 saturated carbocycles. The number of benzene rings is 1. The smallest absolute Gasteiger partial charge is 0.219 e. The van der Waals surface area contributed by atoms with E-state index in [4.69, 9.17) is 11.6 Å². The molecular weight excluding hydrogens is 305 g/mol. The molecule has 1 aromatic heterocycles. The highest BCUT2D eigenvalue weighted by atomic mass is 35.5. The molecule has 0 aliphatic heterocycles. The summed E-state index contributed by atoms with van der Waals surface area (Å²) in [5, 5.41) is 3.96. The van der Waals surface area contributed by atoms with Crippen molar-refractivity contribution in [3.8, 4) is 5.69 Å². The number of nitrogens with one attached hydrogen (secondary N) is 1. The van der Waals surface area contributed by atoms with Gasteiger partial charge in [-0.1, -0.05) is 11.6 Å². The Morgan fingerprint density at radius 1 is 1.35 bits per heavy atom. The first kappa shape index (κ1) is 15.0. The maximum absolute atomic E-state index is 13.1. The van der Waals surface area contributed by atoms with E-state index in [9.17, 15) is 12.8 Å². The Morgan fingerprint density at radius 3 is 2.65 bits per heavy atom. The maximum Gasteiger partial charge on any atom is 0.258 e. The molecule has 1 heterocycles. The molecule has 0 spiro atoms. The molecule has 0 aliphatic carbocycles. The van der Waals surface area contributed by atoms with Crippen LogP contribution in [0.25, 0.3) is 5.69 Å². The largest absolute Gasteiger partial charge is 0.258 e. The summed E-state index contributed by atoms with van der Waals surface area (Å²) in [4.78, 5) is 0. The van der Waals surface area contributed by atoms with Crippen molar-refractivity contribution in [2.45, 2.75) is 24.9 Å². The van der Waals surface area contributed by atoms with E-state index in [0.29, 0.717) is 5.69 Å². The Bertz CT molecular complexity index is 728. The van der Waals surface area contributed by atoms with Crippen molar-refractivity contribution in [3.05, 3.63) is 41.3 Å². The van der Waals surface area contributed by atoms with Gasteiger partial charge in [0.1, 0.15) is 5.82 Å². The third-order valence-corrected chi connectivity index (χ3v) is 4.36. The SMILES string of the molecule is CC(C)NS(=O)(=O)c1ccnn1-c1ccc(F)cc1Cl. The van der Waals surface area contributed by atoms with Gasteiger partial charge in [0, 0.05) is 6.04 Å². The average Bonchev–Trinajstić information content (AvgIpc) is 2.76. The molecule has 2 aromatic rings. The van der Waals surface area contributed by atoms with Crippen LogP contribution in [0.3, 0.4) is 0 Å². The molecule has 1 N–H and O–H groups in total. The van der Waals surface area contributed by atoms with Crippen LogP contribution >= 0.6 is 11.6 Å². The van der Waals surface area contributed by atoms with Crippen molar-refractivity contribution in [3.63, 3.8) is 0 Å². The molecular formula is C12H13ClFN3O2S. The number of sulfonamides is 1. The number of rotatable bonds is 4. The summed E-state index contributed by atoms with van der Waals surface area (Å²) in [5.74, 6) is -0.504. The Morgan fingerprint density at radius 2 is 2.05 bits per heavy atom. The number of hydrogen-bond acceptors (Lipinski definition) is 3. The van der Waals surface area contributed by atoms with Gasteiger partial charge in [-0.2, -0.15) is 5.10 Å². The van der Waals surface area contributed by atoms with E-state index in [1.54, 1.807) is 13.8 Å². The third-order valence-electron chi connectivity index (χ3n) is 2.41. The summed E-state index contributed by atoms with van der Waals surface area (Å²) in [6, 6.07) is 4.76. The minimum Gasteiger partial charge on any atom is -0.219 e. The quantitative estimate of drug-likeness (QED) is 0.941. The molecule has 108 valence electrons. The first-order valence-corrected chi connectivity index (χ1v) is 7.69. The van der Waals surface area contributed by atoms with Crippen molar-refractivity contribution >= 4 is 21.6 Å². The lowest BCUT2D eigenvalue weighted by Gasteiger charge is -2.12. The first-order valence-electron chi connectivity index (χ1n) is 5.83. The highest BCUT2D eigenvalue weighted by molar-refractivity contribution is 7.89. The number of halogens is 2. The Kier molecular flexibility index (Phi) is 4.12. The van der Waals surface area contributed by atoms with Crippen LogP contribution in [-0.4, -0.2) is 24.2 Å². The molecule has 0 aliphatic rings. The lowest BCUT2D eigenvalue weighted by atomic mass is 10.3. The lowest BCUT2D eigenvalue weighted by molar-refractivity contribution is 0.560. The molecule has 2 rings (SSSR count). The van der Waals surface area contributed by atoms with Gasteiger partial charge in [0.15, 0.2) is 5.03 Å². The van der Waals surface area contributed by atoms with Crippen molar-refractivity contribution in [2.24, 2.45) is 0 Å². The Labute approximate surface area is 121 Å². The lowest BCUT2D eigenvalue weighted by Crippen LogP contribution is -2.31. The molecule has 0 unspecified atom stereocenters. The van der Waals surface area contributed by atoms with Crippen LogP contribution in [0.1, 0.15) is 13.8 Å². The van der Waals surface area contributed by atoms with Crippen LogP contribution < -0.4 is 4.72 Å². The van der Waals surface area contributed by atoms with Gasteiger partial charge in [0.2, 0.25) is 0 Å². The van der Waals surface area contributed by atoms with Gasteiger partial charge >= 0.3 is 0 Å². The van der Waals surface area contributed by atoms with Gasteiger partial charge in [-0.15, -0.1) is 0 Å². The average molecular weight is 318 g/mol. The zero-order chi connectivity index (χ0) is 14.9. The molecule has 0 radical (unpaired) electrons. The third kappa shape index (κ3) is 3.00. The van der Waals surface area contributed by atoms with E-state index in [1.807, 2.05) is 0 Å². The standard InChI is InChI=1S/C12H13ClFN3O2S/c1-8(2)16-20(18,19)12-5-6-15-17(12)11-4-3-9(14)7-10(11)13/h3-8,16H,1-2H3. The number of hydrogen-bond donors (Lipinski definition) is 1. The Balaban J connectivity index is 2.54. The molecule has 20 heavy (non-hydrogen) atoms. The van der Waals surface area contributed by atoms with E-state index in [-0.39, 0.29) is 16.1 Å². The second kappa shape index (κ2) is 5.51.